The smallest absolute Gasteiger partial charge is 0.100 e. The molecule has 62 valence electrons. The lowest BCUT2D eigenvalue weighted by molar-refractivity contribution is 1.03. The number of hydrogen-bond donors (Lipinski definition) is 1. The summed E-state index contributed by atoms with van der Waals surface area (Å²) in [5.74, 6) is 0. The molecule has 0 radical (unpaired) electrons. The summed E-state index contributed by atoms with van der Waals surface area (Å²) in [4.78, 5) is 1.07. The maximum atomic E-state index is 8.56. The van der Waals surface area contributed by atoms with Crippen molar-refractivity contribution >= 4 is 16.9 Å². The molecule has 1 rings (SSSR count). The van der Waals surface area contributed by atoms with Crippen LogP contribution in [0.5, 0.6) is 0 Å². The van der Waals surface area contributed by atoms with E-state index in [1.165, 1.54) is 0 Å². The zero-order valence-electron chi connectivity index (χ0n) is 6.71. The van der Waals surface area contributed by atoms with Crippen molar-refractivity contribution in [2.45, 2.75) is 6.42 Å². The number of nitrogens with zero attached hydrogens (tertiary/aromatic N) is 1. The lowest BCUT2D eigenvalue weighted by atomic mass is 10.1. The van der Waals surface area contributed by atoms with E-state index >= 15 is 0 Å². The van der Waals surface area contributed by atoms with Crippen molar-refractivity contribution in [3.63, 3.8) is 0 Å². The average molecular weight is 178 g/mol. The van der Waals surface area contributed by atoms with Crippen molar-refractivity contribution in [3.8, 4) is 6.07 Å². The molecule has 0 aromatic carbocycles. The fourth-order valence-electron chi connectivity index (χ4n) is 0.878. The molecule has 0 saturated heterocycles. The van der Waals surface area contributed by atoms with Crippen molar-refractivity contribution in [1.29, 1.82) is 5.26 Å². The fraction of sp³-hybridized carbons (Fsp3) is 0.222. The standard InChI is InChI=1S/C9H10N2S/c1-7(2-3-10)9-4-8(5-11)6-12-9/h4,6H,1-3,10H2. The fourth-order valence-corrected chi connectivity index (χ4v) is 1.72. The Balaban J connectivity index is 2.76. The number of nitrogens with two attached hydrogens (primary N) is 1. The van der Waals surface area contributed by atoms with E-state index in [2.05, 4.69) is 12.6 Å². The molecule has 2 nitrogen and oxygen atoms in total. The van der Waals surface area contributed by atoms with Gasteiger partial charge in [0.25, 0.3) is 0 Å². The van der Waals surface area contributed by atoms with Gasteiger partial charge in [0, 0.05) is 10.3 Å². The summed E-state index contributed by atoms with van der Waals surface area (Å²) in [5.41, 5.74) is 7.10. The molecule has 0 amide bonds. The molecule has 1 aromatic rings. The summed E-state index contributed by atoms with van der Waals surface area (Å²) >= 11 is 1.54. The molecule has 0 spiro atoms. The van der Waals surface area contributed by atoms with Crippen LogP contribution in [0, 0.1) is 11.3 Å². The largest absolute Gasteiger partial charge is 0.330 e. The summed E-state index contributed by atoms with van der Waals surface area (Å²) in [6, 6.07) is 3.93. The molecule has 1 heterocycles. The van der Waals surface area contributed by atoms with Gasteiger partial charge in [-0.25, -0.2) is 0 Å². The topological polar surface area (TPSA) is 49.8 Å². The van der Waals surface area contributed by atoms with Crippen molar-refractivity contribution in [2.75, 3.05) is 6.54 Å². The molecule has 0 fully saturated rings. The van der Waals surface area contributed by atoms with Crippen LogP contribution in [0.2, 0.25) is 0 Å². The third-order valence-corrected chi connectivity index (χ3v) is 2.56. The highest BCUT2D eigenvalue weighted by molar-refractivity contribution is 7.11. The van der Waals surface area contributed by atoms with Crippen LogP contribution in [0.25, 0.3) is 5.57 Å². The van der Waals surface area contributed by atoms with Gasteiger partial charge in [0.05, 0.1) is 5.56 Å². The second kappa shape index (κ2) is 4.05. The quantitative estimate of drug-likeness (QED) is 0.769. The third-order valence-electron chi connectivity index (χ3n) is 1.52. The molecule has 0 aliphatic carbocycles. The van der Waals surface area contributed by atoms with E-state index in [4.69, 9.17) is 11.0 Å². The molecule has 0 atom stereocenters. The van der Waals surface area contributed by atoms with Crippen LogP contribution in [0.15, 0.2) is 18.0 Å². The van der Waals surface area contributed by atoms with Crippen LogP contribution in [-0.4, -0.2) is 6.54 Å². The Morgan fingerprint density at radius 3 is 3.00 bits per heavy atom. The zero-order valence-corrected chi connectivity index (χ0v) is 7.53. The number of rotatable bonds is 3. The molecule has 12 heavy (non-hydrogen) atoms. The minimum atomic E-state index is 0.610. The number of nitriles is 1. The van der Waals surface area contributed by atoms with Gasteiger partial charge >= 0.3 is 0 Å². The number of hydrogen-bond acceptors (Lipinski definition) is 3. The molecule has 0 aliphatic heterocycles. The second-order valence-corrected chi connectivity index (χ2v) is 3.36. The Morgan fingerprint density at radius 2 is 2.50 bits per heavy atom. The molecule has 0 bridgehead atoms. The maximum Gasteiger partial charge on any atom is 0.100 e. The minimum absolute atomic E-state index is 0.610. The van der Waals surface area contributed by atoms with E-state index in [1.54, 1.807) is 11.3 Å². The SMILES string of the molecule is C=C(CCN)c1cc(C#N)cs1. The first kappa shape index (κ1) is 8.98. The van der Waals surface area contributed by atoms with Gasteiger partial charge in [-0.15, -0.1) is 11.3 Å². The van der Waals surface area contributed by atoms with Gasteiger partial charge in [-0.2, -0.15) is 5.26 Å². The first-order valence-corrected chi connectivity index (χ1v) is 4.52. The van der Waals surface area contributed by atoms with E-state index in [1.807, 2.05) is 11.4 Å². The van der Waals surface area contributed by atoms with Crippen molar-refractivity contribution in [1.82, 2.24) is 0 Å². The predicted molar refractivity (Wildman–Crippen MR) is 51.7 cm³/mol. The van der Waals surface area contributed by atoms with Crippen molar-refractivity contribution in [3.05, 3.63) is 28.5 Å². The number of thiophene rings is 1. The molecule has 0 unspecified atom stereocenters. The molecule has 1 aromatic heterocycles. The van der Waals surface area contributed by atoms with E-state index in [0.717, 1.165) is 16.9 Å². The molecular formula is C9H10N2S. The predicted octanol–water partition coefficient (Wildman–Crippen LogP) is 1.98. The summed E-state index contributed by atoms with van der Waals surface area (Å²) in [5, 5.41) is 10.4. The summed E-state index contributed by atoms with van der Waals surface area (Å²) < 4.78 is 0. The van der Waals surface area contributed by atoms with E-state index in [9.17, 15) is 0 Å². The van der Waals surface area contributed by atoms with Gasteiger partial charge in [0.1, 0.15) is 6.07 Å². The first-order valence-electron chi connectivity index (χ1n) is 3.64. The van der Waals surface area contributed by atoms with Crippen LogP contribution in [0.1, 0.15) is 16.9 Å². The Morgan fingerprint density at radius 1 is 1.75 bits per heavy atom. The Kier molecular flexibility index (Phi) is 3.03. The highest BCUT2D eigenvalue weighted by atomic mass is 32.1. The van der Waals surface area contributed by atoms with Gasteiger partial charge in [-0.1, -0.05) is 6.58 Å². The molecule has 0 aliphatic rings. The Labute approximate surface area is 75.9 Å². The lowest BCUT2D eigenvalue weighted by Gasteiger charge is -1.97. The average Bonchev–Trinajstić information content (AvgIpc) is 2.52. The minimum Gasteiger partial charge on any atom is -0.330 e. The summed E-state index contributed by atoms with van der Waals surface area (Å²) in [6.45, 7) is 4.49. The summed E-state index contributed by atoms with van der Waals surface area (Å²) in [6.07, 6.45) is 0.797. The summed E-state index contributed by atoms with van der Waals surface area (Å²) in [7, 11) is 0. The van der Waals surface area contributed by atoms with Crippen LogP contribution in [0.4, 0.5) is 0 Å². The van der Waals surface area contributed by atoms with Crippen LogP contribution >= 0.6 is 11.3 Å². The van der Waals surface area contributed by atoms with Gasteiger partial charge < -0.3 is 5.73 Å². The van der Waals surface area contributed by atoms with Gasteiger partial charge in [-0.05, 0) is 24.6 Å². The Hall–Kier alpha value is -1.11. The highest BCUT2D eigenvalue weighted by Crippen LogP contribution is 2.23. The molecule has 2 N–H and O–H groups in total. The van der Waals surface area contributed by atoms with Gasteiger partial charge in [0.15, 0.2) is 0 Å². The molecular weight excluding hydrogens is 168 g/mol. The molecule has 3 heteroatoms. The van der Waals surface area contributed by atoms with E-state index in [-0.39, 0.29) is 0 Å². The van der Waals surface area contributed by atoms with E-state index in [0.29, 0.717) is 12.1 Å². The lowest BCUT2D eigenvalue weighted by Crippen LogP contribution is -1.98. The normalized spacial score (nSPS) is 9.33. The Bertz CT molecular complexity index is 320. The van der Waals surface area contributed by atoms with Crippen LogP contribution in [-0.2, 0) is 0 Å². The zero-order chi connectivity index (χ0) is 8.97. The molecule has 0 saturated carbocycles. The van der Waals surface area contributed by atoms with Gasteiger partial charge in [0.2, 0.25) is 0 Å². The monoisotopic (exact) mass is 178 g/mol. The van der Waals surface area contributed by atoms with Crippen molar-refractivity contribution < 1.29 is 0 Å². The van der Waals surface area contributed by atoms with E-state index < -0.39 is 0 Å². The maximum absolute atomic E-state index is 8.56. The first-order chi connectivity index (χ1) is 5.77. The van der Waals surface area contributed by atoms with Gasteiger partial charge in [-0.3, -0.25) is 0 Å². The van der Waals surface area contributed by atoms with Crippen LogP contribution < -0.4 is 5.73 Å². The van der Waals surface area contributed by atoms with Crippen LogP contribution in [0.3, 0.4) is 0 Å². The third kappa shape index (κ3) is 1.94. The second-order valence-electron chi connectivity index (χ2n) is 2.45. The van der Waals surface area contributed by atoms with Crippen molar-refractivity contribution in [2.24, 2.45) is 5.73 Å². The highest BCUT2D eigenvalue weighted by Gasteiger charge is 2.01.